The molecule has 2 aromatic rings. The number of aliphatic hydroxyl groups excluding tert-OH is 1. The molecule has 1 atom stereocenters. The zero-order valence-electron chi connectivity index (χ0n) is 22.8. The number of ether oxygens (including phenoxy) is 1. The standard InChI is InChI=1S/C31H36N2O6/c1-19(28-26(34)16-31(2,3)17-27(28)35)32-14-7-6-13-25(29(36)37)33-30(38)39-18-21-10-8-12-23-22-11-5-4-9-20(22)15-24(21)23/h4-5,8-12,25,34H,6-7,13-18H2,1-3H3,(H,33,38)(H,36,37)/t25-/m0/s1. The van der Waals surface area contributed by atoms with Crippen LogP contribution in [0.25, 0.3) is 11.1 Å². The molecule has 0 heterocycles. The molecule has 4 rings (SSSR count). The van der Waals surface area contributed by atoms with Crippen LogP contribution < -0.4 is 5.32 Å². The van der Waals surface area contributed by atoms with E-state index in [1.54, 1.807) is 6.92 Å². The molecule has 0 aromatic heterocycles. The maximum Gasteiger partial charge on any atom is 0.408 e. The number of carboxylic acids is 1. The molecule has 0 aliphatic heterocycles. The molecule has 2 aromatic carbocycles. The number of hydrogen-bond donors (Lipinski definition) is 3. The topological polar surface area (TPSA) is 125 Å². The van der Waals surface area contributed by atoms with E-state index in [9.17, 15) is 24.6 Å². The van der Waals surface area contributed by atoms with E-state index < -0.39 is 18.1 Å². The van der Waals surface area contributed by atoms with Crippen molar-refractivity contribution in [2.45, 2.75) is 71.9 Å². The van der Waals surface area contributed by atoms with Gasteiger partial charge in [-0.05, 0) is 65.8 Å². The second-order valence-corrected chi connectivity index (χ2v) is 11.1. The molecule has 0 bridgehead atoms. The average molecular weight is 533 g/mol. The van der Waals surface area contributed by atoms with Gasteiger partial charge in [-0.2, -0.15) is 0 Å². The first-order valence-electron chi connectivity index (χ1n) is 13.4. The molecule has 8 nitrogen and oxygen atoms in total. The molecule has 0 saturated heterocycles. The van der Waals surface area contributed by atoms with Crippen molar-refractivity contribution in [3.8, 4) is 11.1 Å². The van der Waals surface area contributed by atoms with Crippen LogP contribution in [0, 0.1) is 5.41 Å². The van der Waals surface area contributed by atoms with Crippen LogP contribution in [-0.2, 0) is 27.4 Å². The minimum Gasteiger partial charge on any atom is -0.511 e. The van der Waals surface area contributed by atoms with E-state index in [0.717, 1.165) is 23.1 Å². The molecule has 0 unspecified atom stereocenters. The van der Waals surface area contributed by atoms with Crippen molar-refractivity contribution in [3.05, 3.63) is 70.5 Å². The summed E-state index contributed by atoms with van der Waals surface area (Å²) in [6, 6.07) is 13.0. The Bertz CT molecular complexity index is 1340. The normalized spacial score (nSPS) is 16.9. The van der Waals surface area contributed by atoms with Gasteiger partial charge < -0.3 is 20.3 Å². The fourth-order valence-corrected chi connectivity index (χ4v) is 5.43. The van der Waals surface area contributed by atoms with Crippen LogP contribution in [-0.4, -0.2) is 46.4 Å². The van der Waals surface area contributed by atoms with Crippen molar-refractivity contribution in [1.29, 1.82) is 0 Å². The number of carbonyl (C=O) groups excluding carboxylic acids is 2. The molecular weight excluding hydrogens is 496 g/mol. The number of aliphatic imine (C=N–C) groups is 1. The first kappa shape index (κ1) is 28.1. The van der Waals surface area contributed by atoms with E-state index in [1.807, 2.05) is 38.1 Å². The molecule has 3 N–H and O–H groups in total. The summed E-state index contributed by atoms with van der Waals surface area (Å²) < 4.78 is 5.40. The van der Waals surface area contributed by atoms with Crippen molar-refractivity contribution in [3.63, 3.8) is 0 Å². The summed E-state index contributed by atoms with van der Waals surface area (Å²) in [5, 5.41) is 22.4. The van der Waals surface area contributed by atoms with Crippen molar-refractivity contribution in [2.24, 2.45) is 10.4 Å². The van der Waals surface area contributed by atoms with E-state index in [0.29, 0.717) is 43.5 Å². The number of aliphatic carboxylic acids is 1. The average Bonchev–Trinajstić information content (AvgIpc) is 3.24. The number of allylic oxidation sites excluding steroid dienone is 2. The highest BCUT2D eigenvalue weighted by Gasteiger charge is 2.34. The van der Waals surface area contributed by atoms with E-state index >= 15 is 0 Å². The highest BCUT2D eigenvalue weighted by molar-refractivity contribution is 6.22. The number of nitrogens with zero attached hydrogens (tertiary/aromatic N) is 1. The third-order valence-electron chi connectivity index (χ3n) is 7.36. The largest absolute Gasteiger partial charge is 0.511 e. The molecule has 0 spiro atoms. The number of amides is 1. The number of nitrogens with one attached hydrogen (secondary N) is 1. The Balaban J connectivity index is 1.25. The number of unbranched alkanes of at least 4 members (excludes halogenated alkanes) is 1. The van der Waals surface area contributed by atoms with Crippen LogP contribution in [0.4, 0.5) is 4.79 Å². The first-order chi connectivity index (χ1) is 18.6. The van der Waals surface area contributed by atoms with Crippen molar-refractivity contribution >= 4 is 23.6 Å². The quantitative estimate of drug-likeness (QED) is 0.225. The van der Waals surface area contributed by atoms with E-state index in [1.165, 1.54) is 11.1 Å². The highest BCUT2D eigenvalue weighted by Crippen LogP contribution is 2.38. The Morgan fingerprint density at radius 1 is 1.08 bits per heavy atom. The lowest BCUT2D eigenvalue weighted by Crippen LogP contribution is -2.41. The number of rotatable bonds is 10. The predicted octanol–water partition coefficient (Wildman–Crippen LogP) is 5.77. The lowest BCUT2D eigenvalue weighted by atomic mass is 9.76. The molecule has 0 fully saturated rings. The summed E-state index contributed by atoms with van der Waals surface area (Å²) in [7, 11) is 0. The number of aliphatic hydroxyl groups is 1. The van der Waals surface area contributed by atoms with Gasteiger partial charge in [0.2, 0.25) is 0 Å². The molecule has 8 heteroatoms. The summed E-state index contributed by atoms with van der Waals surface area (Å²) in [6.07, 6.45) is 2.09. The molecule has 1 amide bonds. The second-order valence-electron chi connectivity index (χ2n) is 11.1. The fraction of sp³-hybridized carbons (Fsp3) is 0.419. The number of fused-ring (bicyclic) bond motifs is 3. The van der Waals surface area contributed by atoms with Gasteiger partial charge in [-0.1, -0.05) is 56.3 Å². The SMILES string of the molecule is CC(=NCCCC[C@H](NC(=O)OCc1cccc2c1Cc1ccccc1-2)C(=O)O)C1=C(O)CC(C)(C)CC1=O. The number of Topliss-reactive ketones (excluding diaryl/α,β-unsaturated/α-hetero) is 1. The summed E-state index contributed by atoms with van der Waals surface area (Å²) >= 11 is 0. The van der Waals surface area contributed by atoms with Gasteiger partial charge in [0.05, 0.1) is 5.57 Å². The lowest BCUT2D eigenvalue weighted by molar-refractivity contribution is -0.139. The molecule has 2 aliphatic rings. The monoisotopic (exact) mass is 532 g/mol. The highest BCUT2D eigenvalue weighted by atomic mass is 16.5. The molecule has 0 radical (unpaired) electrons. The molecule has 39 heavy (non-hydrogen) atoms. The Labute approximate surface area is 228 Å². The van der Waals surface area contributed by atoms with Crippen LogP contribution in [0.5, 0.6) is 0 Å². The van der Waals surface area contributed by atoms with Gasteiger partial charge in [0.25, 0.3) is 0 Å². The molecular formula is C31H36N2O6. The van der Waals surface area contributed by atoms with E-state index in [-0.39, 0.29) is 30.0 Å². The number of carboxylic acid groups (broad SMARTS) is 1. The predicted molar refractivity (Wildman–Crippen MR) is 149 cm³/mol. The zero-order chi connectivity index (χ0) is 28.2. The van der Waals surface area contributed by atoms with Crippen LogP contribution in [0.15, 0.2) is 58.8 Å². The Morgan fingerprint density at radius 3 is 2.56 bits per heavy atom. The van der Waals surface area contributed by atoms with Crippen LogP contribution in [0.2, 0.25) is 0 Å². The summed E-state index contributed by atoms with van der Waals surface area (Å²) in [5.74, 6) is -1.16. The van der Waals surface area contributed by atoms with Gasteiger partial charge in [-0.3, -0.25) is 9.79 Å². The van der Waals surface area contributed by atoms with Gasteiger partial charge in [0, 0.05) is 25.1 Å². The van der Waals surface area contributed by atoms with Gasteiger partial charge in [-0.15, -0.1) is 0 Å². The number of alkyl carbamates (subject to hydrolysis) is 1. The summed E-state index contributed by atoms with van der Waals surface area (Å²) in [5.41, 5.74) is 6.12. The van der Waals surface area contributed by atoms with Crippen LogP contribution in [0.1, 0.15) is 69.6 Å². The molecule has 2 aliphatic carbocycles. The summed E-state index contributed by atoms with van der Waals surface area (Å²) in [4.78, 5) is 41.0. The van der Waals surface area contributed by atoms with Gasteiger partial charge in [0.1, 0.15) is 18.4 Å². The van der Waals surface area contributed by atoms with Crippen LogP contribution >= 0.6 is 0 Å². The molecule has 0 saturated carbocycles. The van der Waals surface area contributed by atoms with Crippen molar-refractivity contribution in [1.82, 2.24) is 5.32 Å². The Morgan fingerprint density at radius 2 is 1.82 bits per heavy atom. The van der Waals surface area contributed by atoms with Gasteiger partial charge in [-0.25, -0.2) is 9.59 Å². The maximum atomic E-state index is 12.5. The van der Waals surface area contributed by atoms with Crippen molar-refractivity contribution < 1.29 is 29.3 Å². The van der Waals surface area contributed by atoms with Crippen LogP contribution in [0.3, 0.4) is 0 Å². The smallest absolute Gasteiger partial charge is 0.408 e. The Hall–Kier alpha value is -3.94. The third-order valence-corrected chi connectivity index (χ3v) is 7.36. The number of hydrogen-bond acceptors (Lipinski definition) is 6. The van der Waals surface area contributed by atoms with E-state index in [2.05, 4.69) is 28.5 Å². The molecule has 206 valence electrons. The maximum absolute atomic E-state index is 12.5. The number of carbonyl (C=O) groups is 3. The minimum atomic E-state index is -1.13. The zero-order valence-corrected chi connectivity index (χ0v) is 22.8. The minimum absolute atomic E-state index is 0.0575. The Kier molecular flexibility index (Phi) is 8.53. The van der Waals surface area contributed by atoms with Gasteiger partial charge in [0.15, 0.2) is 5.78 Å². The van der Waals surface area contributed by atoms with E-state index in [4.69, 9.17) is 4.74 Å². The number of benzene rings is 2. The van der Waals surface area contributed by atoms with Crippen molar-refractivity contribution in [2.75, 3.05) is 6.54 Å². The first-order valence-corrected chi connectivity index (χ1v) is 13.4. The fourth-order valence-electron chi connectivity index (χ4n) is 5.43. The third kappa shape index (κ3) is 6.74. The lowest BCUT2D eigenvalue weighted by Gasteiger charge is -2.29. The number of ketones is 1. The van der Waals surface area contributed by atoms with Gasteiger partial charge >= 0.3 is 12.1 Å². The summed E-state index contributed by atoms with van der Waals surface area (Å²) in [6.45, 7) is 6.04. The second kappa shape index (κ2) is 11.8.